The van der Waals surface area contributed by atoms with E-state index in [1.807, 2.05) is 6.07 Å². The summed E-state index contributed by atoms with van der Waals surface area (Å²) in [4.78, 5) is 18.4. The maximum absolute atomic E-state index is 11.7. The number of hydrogen-bond donors (Lipinski definition) is 1. The number of anilines is 2. The predicted molar refractivity (Wildman–Crippen MR) is 65.6 cm³/mol. The summed E-state index contributed by atoms with van der Waals surface area (Å²) >= 11 is 3.38. The van der Waals surface area contributed by atoms with E-state index in [-0.39, 0.29) is 5.91 Å². The Labute approximate surface area is 102 Å². The van der Waals surface area contributed by atoms with Crippen LogP contribution in [0.25, 0.3) is 0 Å². The van der Waals surface area contributed by atoms with Gasteiger partial charge < -0.3 is 10.2 Å². The predicted octanol–water partition coefficient (Wildman–Crippen LogP) is 2.16. The van der Waals surface area contributed by atoms with Gasteiger partial charge in [-0.25, -0.2) is 4.98 Å². The van der Waals surface area contributed by atoms with Gasteiger partial charge >= 0.3 is 0 Å². The molecule has 1 amide bonds. The summed E-state index contributed by atoms with van der Waals surface area (Å²) in [6, 6.07) is 2.25. The molecule has 5 heteroatoms. The van der Waals surface area contributed by atoms with Crippen LogP contribution in [0.4, 0.5) is 11.5 Å². The number of carbonyl (C=O) groups excluding carboxylic acids is 1. The standard InChI is InChI=1S/C11H12BrN3O/c12-7-4-9-11(13-6-7)15-3-1-2-8(15)5-10(16)14-9/h4,6,8H,1-3,5H2,(H,14,16). The Hall–Kier alpha value is -1.10. The lowest BCUT2D eigenvalue weighted by Crippen LogP contribution is -2.30. The first-order valence-corrected chi connectivity index (χ1v) is 6.25. The number of fused-ring (bicyclic) bond motifs is 3. The molecule has 0 bridgehead atoms. The van der Waals surface area contributed by atoms with Gasteiger partial charge in [0.2, 0.25) is 5.91 Å². The van der Waals surface area contributed by atoms with Crippen molar-refractivity contribution < 1.29 is 4.79 Å². The van der Waals surface area contributed by atoms with Gasteiger partial charge in [-0.05, 0) is 34.8 Å². The minimum absolute atomic E-state index is 0.0931. The van der Waals surface area contributed by atoms with Crippen LogP contribution in [0.2, 0.25) is 0 Å². The Balaban J connectivity index is 2.09. The summed E-state index contributed by atoms with van der Waals surface area (Å²) in [6.07, 6.45) is 4.60. The van der Waals surface area contributed by atoms with E-state index in [9.17, 15) is 4.79 Å². The largest absolute Gasteiger partial charge is 0.351 e. The van der Waals surface area contributed by atoms with Crippen LogP contribution in [0.15, 0.2) is 16.7 Å². The fraction of sp³-hybridized carbons (Fsp3) is 0.455. The molecular weight excluding hydrogens is 270 g/mol. The van der Waals surface area contributed by atoms with Gasteiger partial charge in [-0.3, -0.25) is 4.79 Å². The lowest BCUT2D eigenvalue weighted by Gasteiger charge is -2.23. The van der Waals surface area contributed by atoms with Crippen LogP contribution in [0, 0.1) is 0 Å². The molecule has 84 valence electrons. The second kappa shape index (κ2) is 3.73. The molecule has 0 aliphatic carbocycles. The van der Waals surface area contributed by atoms with E-state index < -0.39 is 0 Å². The fourth-order valence-corrected chi connectivity index (χ4v) is 2.83. The molecule has 1 aromatic rings. The van der Waals surface area contributed by atoms with Crippen molar-refractivity contribution in [1.82, 2.24) is 4.98 Å². The van der Waals surface area contributed by atoms with Gasteiger partial charge in [0.25, 0.3) is 0 Å². The first kappa shape index (κ1) is 10.1. The molecule has 1 aromatic heterocycles. The van der Waals surface area contributed by atoms with E-state index in [2.05, 4.69) is 31.1 Å². The maximum atomic E-state index is 11.7. The third-order valence-electron chi connectivity index (χ3n) is 3.18. The molecule has 2 aliphatic heterocycles. The molecule has 1 N–H and O–H groups in total. The summed E-state index contributed by atoms with van der Waals surface area (Å²) in [5.74, 6) is 1.01. The van der Waals surface area contributed by atoms with Gasteiger partial charge in [-0.2, -0.15) is 0 Å². The first-order valence-electron chi connectivity index (χ1n) is 5.46. The molecule has 1 fully saturated rings. The van der Waals surface area contributed by atoms with Gasteiger partial charge in [0, 0.05) is 29.7 Å². The summed E-state index contributed by atoms with van der Waals surface area (Å²) in [5, 5.41) is 2.92. The molecule has 1 saturated heterocycles. The van der Waals surface area contributed by atoms with Crippen molar-refractivity contribution in [2.24, 2.45) is 0 Å². The lowest BCUT2D eigenvalue weighted by atomic mass is 10.1. The Kier molecular flexibility index (Phi) is 2.35. The van der Waals surface area contributed by atoms with Crippen LogP contribution in [0.3, 0.4) is 0 Å². The third kappa shape index (κ3) is 1.59. The average molecular weight is 282 g/mol. The SMILES string of the molecule is O=C1CC2CCCN2c2ncc(Br)cc2N1. The average Bonchev–Trinajstić information content (AvgIpc) is 2.61. The summed E-state index contributed by atoms with van der Waals surface area (Å²) in [5.41, 5.74) is 0.823. The molecule has 0 saturated carbocycles. The smallest absolute Gasteiger partial charge is 0.226 e. The van der Waals surface area contributed by atoms with Crippen molar-refractivity contribution >= 4 is 33.3 Å². The zero-order valence-electron chi connectivity index (χ0n) is 8.74. The number of pyridine rings is 1. The molecule has 3 rings (SSSR count). The molecular formula is C11H12BrN3O. The number of amides is 1. The summed E-state index contributed by atoms with van der Waals surface area (Å²) < 4.78 is 0.893. The van der Waals surface area contributed by atoms with Gasteiger partial charge in [0.15, 0.2) is 5.82 Å². The zero-order chi connectivity index (χ0) is 11.1. The number of halogens is 1. The first-order chi connectivity index (χ1) is 7.74. The minimum Gasteiger partial charge on any atom is -0.351 e. The van der Waals surface area contributed by atoms with E-state index in [1.165, 1.54) is 0 Å². The summed E-state index contributed by atoms with van der Waals surface area (Å²) in [7, 11) is 0. The lowest BCUT2D eigenvalue weighted by molar-refractivity contribution is -0.116. The van der Waals surface area contributed by atoms with Crippen molar-refractivity contribution in [2.45, 2.75) is 25.3 Å². The maximum Gasteiger partial charge on any atom is 0.226 e. The molecule has 16 heavy (non-hydrogen) atoms. The third-order valence-corrected chi connectivity index (χ3v) is 3.61. The highest BCUT2D eigenvalue weighted by atomic mass is 79.9. The van der Waals surface area contributed by atoms with E-state index in [4.69, 9.17) is 0 Å². The van der Waals surface area contributed by atoms with E-state index in [1.54, 1.807) is 6.20 Å². The van der Waals surface area contributed by atoms with Crippen molar-refractivity contribution in [3.8, 4) is 0 Å². The van der Waals surface area contributed by atoms with Crippen molar-refractivity contribution in [2.75, 3.05) is 16.8 Å². The number of hydrogen-bond acceptors (Lipinski definition) is 3. The molecule has 4 nitrogen and oxygen atoms in total. The van der Waals surface area contributed by atoms with Crippen LogP contribution in [-0.4, -0.2) is 23.5 Å². The van der Waals surface area contributed by atoms with Gasteiger partial charge in [0.05, 0.1) is 5.69 Å². The fourth-order valence-electron chi connectivity index (χ4n) is 2.49. The van der Waals surface area contributed by atoms with Crippen LogP contribution < -0.4 is 10.2 Å². The van der Waals surface area contributed by atoms with E-state index >= 15 is 0 Å². The second-order valence-electron chi connectivity index (χ2n) is 4.27. The van der Waals surface area contributed by atoms with Crippen LogP contribution in [0.1, 0.15) is 19.3 Å². The van der Waals surface area contributed by atoms with Crippen molar-refractivity contribution in [1.29, 1.82) is 0 Å². The number of rotatable bonds is 0. The van der Waals surface area contributed by atoms with Gasteiger partial charge in [-0.1, -0.05) is 0 Å². The highest BCUT2D eigenvalue weighted by molar-refractivity contribution is 9.10. The molecule has 0 spiro atoms. The number of aromatic nitrogens is 1. The Bertz CT molecular complexity index is 449. The Morgan fingerprint density at radius 2 is 2.44 bits per heavy atom. The van der Waals surface area contributed by atoms with Crippen LogP contribution >= 0.6 is 15.9 Å². The highest BCUT2D eigenvalue weighted by Gasteiger charge is 2.32. The minimum atomic E-state index is 0.0931. The zero-order valence-corrected chi connectivity index (χ0v) is 10.3. The highest BCUT2D eigenvalue weighted by Crippen LogP contribution is 2.35. The topological polar surface area (TPSA) is 45.2 Å². The Morgan fingerprint density at radius 3 is 3.31 bits per heavy atom. The molecule has 1 unspecified atom stereocenters. The van der Waals surface area contributed by atoms with Crippen LogP contribution in [0.5, 0.6) is 0 Å². The number of carbonyl (C=O) groups is 1. The molecule has 0 aromatic carbocycles. The van der Waals surface area contributed by atoms with E-state index in [0.717, 1.165) is 35.4 Å². The molecule has 2 aliphatic rings. The number of nitrogens with zero attached hydrogens (tertiary/aromatic N) is 2. The molecule has 1 atom stereocenters. The van der Waals surface area contributed by atoms with Crippen LogP contribution in [-0.2, 0) is 4.79 Å². The monoisotopic (exact) mass is 281 g/mol. The number of nitrogens with one attached hydrogen (secondary N) is 1. The quantitative estimate of drug-likeness (QED) is 0.793. The van der Waals surface area contributed by atoms with E-state index in [0.29, 0.717) is 12.5 Å². The summed E-state index contributed by atoms with van der Waals surface area (Å²) in [6.45, 7) is 1.00. The van der Waals surface area contributed by atoms with Crippen molar-refractivity contribution in [3.05, 3.63) is 16.7 Å². The van der Waals surface area contributed by atoms with Gasteiger partial charge in [-0.15, -0.1) is 0 Å². The normalized spacial score (nSPS) is 23.4. The van der Waals surface area contributed by atoms with Crippen molar-refractivity contribution in [3.63, 3.8) is 0 Å². The molecule has 3 heterocycles. The van der Waals surface area contributed by atoms with Gasteiger partial charge in [0.1, 0.15) is 0 Å². The Morgan fingerprint density at radius 1 is 1.56 bits per heavy atom. The second-order valence-corrected chi connectivity index (χ2v) is 5.18. The molecule has 0 radical (unpaired) electrons.